The number of urea groups is 1. The van der Waals surface area contributed by atoms with E-state index in [0.717, 1.165) is 13.1 Å². The Balaban J connectivity index is 1.79. The maximum atomic E-state index is 12.4. The maximum absolute atomic E-state index is 12.4. The molecule has 0 saturated carbocycles. The van der Waals surface area contributed by atoms with Gasteiger partial charge >= 0.3 is 6.03 Å². The van der Waals surface area contributed by atoms with Gasteiger partial charge in [0.15, 0.2) is 0 Å². The summed E-state index contributed by atoms with van der Waals surface area (Å²) in [7, 11) is 0. The molecule has 116 valence electrons. The van der Waals surface area contributed by atoms with Crippen molar-refractivity contribution in [2.45, 2.75) is 12.5 Å². The number of rotatable bonds is 2. The molecule has 2 fully saturated rings. The van der Waals surface area contributed by atoms with Gasteiger partial charge in [0.2, 0.25) is 0 Å². The predicted molar refractivity (Wildman–Crippen MR) is 79.2 cm³/mol. The Hall–Kier alpha value is -2.41. The van der Waals surface area contributed by atoms with E-state index in [2.05, 4.69) is 16.0 Å². The number of piperazine rings is 1. The van der Waals surface area contributed by atoms with Crippen LogP contribution >= 0.6 is 0 Å². The number of hydrogen-bond acceptors (Lipinski definition) is 4. The molecule has 4 amide bonds. The summed E-state index contributed by atoms with van der Waals surface area (Å²) in [4.78, 5) is 37.4. The smallest absolute Gasteiger partial charge is 0.322 e. The van der Waals surface area contributed by atoms with Crippen LogP contribution in [0.2, 0.25) is 0 Å². The van der Waals surface area contributed by atoms with Gasteiger partial charge in [0.1, 0.15) is 5.54 Å². The van der Waals surface area contributed by atoms with Crippen molar-refractivity contribution < 1.29 is 14.4 Å². The van der Waals surface area contributed by atoms with Crippen molar-refractivity contribution in [3.63, 3.8) is 0 Å². The fourth-order valence-corrected chi connectivity index (χ4v) is 2.74. The van der Waals surface area contributed by atoms with Crippen molar-refractivity contribution in [1.29, 1.82) is 0 Å². The first-order valence-corrected chi connectivity index (χ1v) is 7.25. The summed E-state index contributed by atoms with van der Waals surface area (Å²) in [6.45, 7) is 4.62. The average Bonchev–Trinajstić information content (AvgIpc) is 2.81. The monoisotopic (exact) mass is 302 g/mol. The van der Waals surface area contributed by atoms with Gasteiger partial charge in [-0.2, -0.15) is 0 Å². The molecular formula is C15H18N4O3. The van der Waals surface area contributed by atoms with E-state index in [1.54, 1.807) is 36.1 Å². The fraction of sp³-hybridized carbons (Fsp3) is 0.400. The highest BCUT2D eigenvalue weighted by Crippen LogP contribution is 2.24. The highest BCUT2D eigenvalue weighted by molar-refractivity contribution is 6.07. The highest BCUT2D eigenvalue weighted by atomic mass is 16.2. The Morgan fingerprint density at radius 3 is 2.32 bits per heavy atom. The summed E-state index contributed by atoms with van der Waals surface area (Å²) < 4.78 is 0. The van der Waals surface area contributed by atoms with Gasteiger partial charge in [0.25, 0.3) is 11.8 Å². The van der Waals surface area contributed by atoms with Crippen LogP contribution < -0.4 is 16.0 Å². The number of carbonyl (C=O) groups excluding carboxylic acids is 3. The Kier molecular flexibility index (Phi) is 3.58. The normalized spacial score (nSPS) is 24.9. The third-order valence-corrected chi connectivity index (χ3v) is 4.16. The summed E-state index contributed by atoms with van der Waals surface area (Å²) >= 11 is 0. The third kappa shape index (κ3) is 2.43. The van der Waals surface area contributed by atoms with Crippen LogP contribution in [0.25, 0.3) is 0 Å². The standard InChI is InChI=1S/C15H18N4O3/c1-15(13(21)17-14(22)18-15)11-4-2-10(3-5-11)12(20)19-8-6-16-7-9-19/h2-5,16H,6-9H2,1H3,(H2,17,18,21,22). The topological polar surface area (TPSA) is 90.5 Å². The van der Waals surface area contributed by atoms with Crippen LogP contribution in [0, 0.1) is 0 Å². The van der Waals surface area contributed by atoms with Gasteiger partial charge in [-0.25, -0.2) is 4.79 Å². The molecule has 0 spiro atoms. The van der Waals surface area contributed by atoms with E-state index in [4.69, 9.17) is 0 Å². The first kappa shape index (κ1) is 14.5. The van der Waals surface area contributed by atoms with E-state index in [0.29, 0.717) is 24.2 Å². The van der Waals surface area contributed by atoms with E-state index in [9.17, 15) is 14.4 Å². The van der Waals surface area contributed by atoms with Gasteiger partial charge in [-0.05, 0) is 24.6 Å². The minimum atomic E-state index is -1.09. The molecule has 2 heterocycles. The number of nitrogens with one attached hydrogen (secondary N) is 3. The molecule has 1 atom stereocenters. The van der Waals surface area contributed by atoms with Crippen LogP contribution in [0.4, 0.5) is 4.79 Å². The minimum absolute atomic E-state index is 0.0156. The number of imide groups is 1. The van der Waals surface area contributed by atoms with E-state index in [1.807, 2.05) is 0 Å². The molecule has 2 aliphatic rings. The van der Waals surface area contributed by atoms with E-state index < -0.39 is 17.5 Å². The molecule has 3 N–H and O–H groups in total. The lowest BCUT2D eigenvalue weighted by molar-refractivity contribution is -0.123. The van der Waals surface area contributed by atoms with Gasteiger partial charge in [-0.3, -0.25) is 14.9 Å². The number of carbonyl (C=O) groups is 3. The lowest BCUT2D eigenvalue weighted by Gasteiger charge is -2.27. The molecule has 1 aromatic rings. The molecule has 0 aliphatic carbocycles. The SMILES string of the molecule is CC1(c2ccc(C(=O)N3CCNCC3)cc2)NC(=O)NC1=O. The van der Waals surface area contributed by atoms with Crippen LogP contribution in [0.3, 0.4) is 0 Å². The van der Waals surface area contributed by atoms with E-state index in [1.165, 1.54) is 0 Å². The highest BCUT2D eigenvalue weighted by Gasteiger charge is 2.43. The van der Waals surface area contributed by atoms with E-state index >= 15 is 0 Å². The van der Waals surface area contributed by atoms with Crippen LogP contribution in [0.1, 0.15) is 22.8 Å². The summed E-state index contributed by atoms with van der Waals surface area (Å²) in [5.41, 5.74) is 0.139. The molecule has 0 bridgehead atoms. The number of hydrogen-bond donors (Lipinski definition) is 3. The molecule has 7 nitrogen and oxygen atoms in total. The molecule has 2 saturated heterocycles. The molecule has 22 heavy (non-hydrogen) atoms. The molecule has 3 rings (SSSR count). The van der Waals surface area contributed by atoms with Crippen molar-refractivity contribution >= 4 is 17.8 Å². The summed E-state index contributed by atoms with van der Waals surface area (Å²) in [5, 5.41) is 8.03. The Morgan fingerprint density at radius 1 is 1.14 bits per heavy atom. The zero-order valence-electron chi connectivity index (χ0n) is 12.3. The fourth-order valence-electron chi connectivity index (χ4n) is 2.74. The number of amides is 4. The van der Waals surface area contributed by atoms with E-state index in [-0.39, 0.29) is 5.91 Å². The summed E-state index contributed by atoms with van der Waals surface area (Å²) in [6.07, 6.45) is 0. The first-order chi connectivity index (χ1) is 10.5. The molecular weight excluding hydrogens is 284 g/mol. The Bertz CT molecular complexity index is 622. The summed E-state index contributed by atoms with van der Waals surface area (Å²) in [6, 6.07) is 6.31. The molecule has 1 unspecified atom stereocenters. The van der Waals surface area contributed by atoms with Crippen LogP contribution in [0.15, 0.2) is 24.3 Å². The Morgan fingerprint density at radius 2 is 1.77 bits per heavy atom. The van der Waals surface area contributed by atoms with Gasteiger partial charge in [0.05, 0.1) is 0 Å². The predicted octanol–water partition coefficient (Wildman–Crippen LogP) is -0.213. The van der Waals surface area contributed by atoms with Crippen molar-refractivity contribution in [2.24, 2.45) is 0 Å². The lowest BCUT2D eigenvalue weighted by atomic mass is 9.91. The quantitative estimate of drug-likeness (QED) is 0.659. The average molecular weight is 302 g/mol. The molecule has 2 aliphatic heterocycles. The van der Waals surface area contributed by atoms with Crippen molar-refractivity contribution in [1.82, 2.24) is 20.9 Å². The number of benzene rings is 1. The lowest BCUT2D eigenvalue weighted by Crippen LogP contribution is -2.46. The number of nitrogens with zero attached hydrogens (tertiary/aromatic N) is 1. The second-order valence-electron chi connectivity index (χ2n) is 5.65. The van der Waals surface area contributed by atoms with Gasteiger partial charge in [-0.15, -0.1) is 0 Å². The Labute approximate surface area is 128 Å². The zero-order chi connectivity index (χ0) is 15.7. The second-order valence-corrected chi connectivity index (χ2v) is 5.65. The van der Waals surface area contributed by atoms with Crippen molar-refractivity contribution in [2.75, 3.05) is 26.2 Å². The molecule has 7 heteroatoms. The van der Waals surface area contributed by atoms with Crippen molar-refractivity contribution in [3.05, 3.63) is 35.4 Å². The van der Waals surface area contributed by atoms with Crippen LogP contribution in [0.5, 0.6) is 0 Å². The van der Waals surface area contributed by atoms with Gasteiger partial charge < -0.3 is 15.5 Å². The van der Waals surface area contributed by atoms with Crippen LogP contribution in [-0.2, 0) is 10.3 Å². The van der Waals surface area contributed by atoms with Gasteiger partial charge in [0, 0.05) is 31.7 Å². The molecule has 0 aromatic heterocycles. The maximum Gasteiger partial charge on any atom is 0.322 e. The van der Waals surface area contributed by atoms with Crippen LogP contribution in [-0.4, -0.2) is 48.9 Å². The third-order valence-electron chi connectivity index (χ3n) is 4.16. The zero-order valence-corrected chi connectivity index (χ0v) is 12.3. The molecule has 0 radical (unpaired) electrons. The van der Waals surface area contributed by atoms with Crippen molar-refractivity contribution in [3.8, 4) is 0 Å². The summed E-state index contributed by atoms with van der Waals surface area (Å²) in [5.74, 6) is -0.406. The van der Waals surface area contributed by atoms with Gasteiger partial charge in [-0.1, -0.05) is 12.1 Å². The first-order valence-electron chi connectivity index (χ1n) is 7.25. The minimum Gasteiger partial charge on any atom is -0.336 e. The second kappa shape index (κ2) is 5.42. The molecule has 1 aromatic carbocycles. The largest absolute Gasteiger partial charge is 0.336 e.